The SMILES string of the molecule is CCC(C)(C)c1ccc(OCC(=O)Nc2cc(Cl)c(-n3[nH]c(Nc4ccc(Cl)cc4Cl)c(C(c4ccc(N(C)C)cc4)c4c(Nc5ccc(Cl)cc5Cl)[nH]n(-c5c(Cl)cc(NC(=O)COc6ccc(C(C)(C)CC)cc6C(C)(C)CC)cc5Cl)c4=O)c3=O)c(Cl)c2)c(C(C)(C)CC)c1. The highest BCUT2D eigenvalue weighted by atomic mass is 35.5. The van der Waals surface area contributed by atoms with Gasteiger partial charge in [-0.25, -0.2) is 9.36 Å². The van der Waals surface area contributed by atoms with Crippen molar-refractivity contribution in [1.29, 1.82) is 0 Å². The van der Waals surface area contributed by atoms with Crippen LogP contribution < -0.4 is 46.8 Å². The Morgan fingerprint density at radius 1 is 0.469 bits per heavy atom. The summed E-state index contributed by atoms with van der Waals surface area (Å²) >= 11 is 55.5. The molecule has 2 amide bonds. The monoisotopic (exact) mass is 1480 g/mol. The van der Waals surface area contributed by atoms with Crippen molar-refractivity contribution in [2.75, 3.05) is 53.5 Å². The lowest BCUT2D eigenvalue weighted by Crippen LogP contribution is -2.26. The van der Waals surface area contributed by atoms with E-state index >= 15 is 9.59 Å². The summed E-state index contributed by atoms with van der Waals surface area (Å²) in [4.78, 5) is 61.7. The van der Waals surface area contributed by atoms with Gasteiger partial charge in [0.1, 0.15) is 34.5 Å². The maximum Gasteiger partial charge on any atom is 0.277 e. The van der Waals surface area contributed by atoms with E-state index in [2.05, 4.69) is 127 Å². The molecule has 0 saturated heterocycles. The minimum atomic E-state index is -1.34. The molecular formula is C75H81Cl8N9O6. The molecule has 0 radical (unpaired) electrons. The molecule has 0 spiro atoms. The number of nitrogens with one attached hydrogen (secondary N) is 6. The Labute approximate surface area is 612 Å². The summed E-state index contributed by atoms with van der Waals surface area (Å²) in [5.74, 6) is -1.09. The number of aromatic amines is 2. The van der Waals surface area contributed by atoms with Crippen molar-refractivity contribution >= 4 is 145 Å². The van der Waals surface area contributed by atoms with E-state index in [1.807, 2.05) is 55.4 Å². The second-order valence-corrected chi connectivity index (χ2v) is 30.4. The molecule has 0 aliphatic heterocycles. The molecule has 0 bridgehead atoms. The maximum atomic E-state index is 16.1. The molecule has 23 heteroatoms. The number of rotatable bonds is 26. The van der Waals surface area contributed by atoms with E-state index in [1.165, 1.54) is 47.5 Å². The van der Waals surface area contributed by atoms with Crippen LogP contribution in [0.1, 0.15) is 154 Å². The van der Waals surface area contributed by atoms with Gasteiger partial charge in [-0.05, 0) is 149 Å². The zero-order valence-corrected chi connectivity index (χ0v) is 63.2. The number of hydrogen-bond donors (Lipinski definition) is 6. The van der Waals surface area contributed by atoms with Crippen LogP contribution in [-0.2, 0) is 31.2 Å². The van der Waals surface area contributed by atoms with Gasteiger partial charge in [0.05, 0.1) is 58.6 Å². The fourth-order valence-electron chi connectivity index (χ4n) is 11.2. The molecule has 9 rings (SSSR count). The molecule has 9 aromatic rings. The fourth-order valence-corrected chi connectivity index (χ4v) is 13.4. The Balaban J connectivity index is 1.15. The van der Waals surface area contributed by atoms with E-state index in [-0.39, 0.29) is 111 Å². The van der Waals surface area contributed by atoms with Gasteiger partial charge in [-0.1, -0.05) is 212 Å². The van der Waals surface area contributed by atoms with Gasteiger partial charge in [-0.15, -0.1) is 0 Å². The Kier molecular flexibility index (Phi) is 23.2. The van der Waals surface area contributed by atoms with Gasteiger partial charge in [0.15, 0.2) is 13.2 Å². The molecule has 0 saturated carbocycles. The second-order valence-electron chi connectivity index (χ2n) is 27.1. The van der Waals surface area contributed by atoms with Crippen LogP contribution in [0.25, 0.3) is 11.4 Å². The Morgan fingerprint density at radius 3 is 1.15 bits per heavy atom. The minimum absolute atomic E-state index is 0.0159. The summed E-state index contributed by atoms with van der Waals surface area (Å²) in [5.41, 5.74) is 4.30. The number of halogens is 8. The average molecular weight is 1490 g/mol. The summed E-state index contributed by atoms with van der Waals surface area (Å²) in [6, 6.07) is 34.9. The van der Waals surface area contributed by atoms with Gasteiger partial charge >= 0.3 is 0 Å². The Morgan fingerprint density at radius 2 is 0.827 bits per heavy atom. The van der Waals surface area contributed by atoms with Crippen LogP contribution in [0, 0.1) is 0 Å². The predicted molar refractivity (Wildman–Crippen MR) is 408 cm³/mol. The number of amides is 2. The average Bonchev–Trinajstić information content (AvgIpc) is 1.57. The molecular weight excluding hydrogens is 1410 g/mol. The van der Waals surface area contributed by atoms with E-state index in [0.717, 1.165) is 51.9 Å². The van der Waals surface area contributed by atoms with Gasteiger partial charge in [0.2, 0.25) is 0 Å². The highest BCUT2D eigenvalue weighted by Crippen LogP contribution is 2.45. The zero-order valence-electron chi connectivity index (χ0n) is 57.2. The summed E-state index contributed by atoms with van der Waals surface area (Å²) in [7, 11) is 3.75. The summed E-state index contributed by atoms with van der Waals surface area (Å²) in [5, 5.41) is 19.6. The van der Waals surface area contributed by atoms with Gasteiger partial charge < -0.3 is 35.6 Å². The number of H-pyrrole nitrogens is 2. The van der Waals surface area contributed by atoms with Crippen molar-refractivity contribution in [1.82, 2.24) is 19.6 Å². The molecule has 518 valence electrons. The highest BCUT2D eigenvalue weighted by molar-refractivity contribution is 6.39. The van der Waals surface area contributed by atoms with Crippen molar-refractivity contribution in [3.8, 4) is 22.9 Å². The minimum Gasteiger partial charge on any atom is -0.483 e. The first-order chi connectivity index (χ1) is 46.1. The quantitative estimate of drug-likeness (QED) is 0.0308. The molecule has 0 aliphatic rings. The van der Waals surface area contributed by atoms with Gasteiger partial charge in [0, 0.05) is 52.3 Å². The standard InChI is InChI=1S/C75H81Cl8N9O6/c1-15-72(5,6)42-21-29-59(49(31-42)74(9,10)17-3)97-39-61(93)84-46-35-53(80)66(54(81)36-46)91-70(95)64(68(88-91)86-57-27-23-44(76)33-51(57)78)63(41-19-25-48(26-20-41)90(13)14)65-69(87-58-28-24-45(77)34-52(58)79)89-92(71(65)96)67-55(82)37-47(38-56(67)83)85-62(94)40-98-60-30-22-43(73(7,8)16-2)32-50(60)75(11,12)18-4/h19-38,63,86-89H,15-18,39-40H2,1-14H3,(H,84,93)(H,85,94). The van der Waals surface area contributed by atoms with Crippen LogP contribution in [0.15, 0.2) is 131 Å². The second kappa shape index (κ2) is 30.3. The van der Waals surface area contributed by atoms with E-state index in [9.17, 15) is 9.59 Å². The third-order valence-electron chi connectivity index (χ3n) is 18.8. The Hall–Kier alpha value is -7.18. The van der Waals surface area contributed by atoms with Crippen molar-refractivity contribution in [2.24, 2.45) is 0 Å². The summed E-state index contributed by atoms with van der Waals surface area (Å²) in [6.07, 6.45) is 3.53. The van der Waals surface area contributed by atoms with Crippen LogP contribution in [0.2, 0.25) is 40.2 Å². The number of carbonyl (C=O) groups excluding carboxylic acids is 2. The fraction of sp³-hybridized carbons (Fsp3) is 0.333. The van der Waals surface area contributed by atoms with Gasteiger partial charge in [-0.2, -0.15) is 0 Å². The molecule has 0 fully saturated rings. The third kappa shape index (κ3) is 16.3. The first-order valence-electron chi connectivity index (χ1n) is 32.2. The maximum absolute atomic E-state index is 16.1. The number of carbonyl (C=O) groups is 2. The van der Waals surface area contributed by atoms with Gasteiger partial charge in [-0.3, -0.25) is 29.4 Å². The van der Waals surface area contributed by atoms with Crippen LogP contribution in [0.4, 0.5) is 40.1 Å². The van der Waals surface area contributed by atoms with E-state index < -0.39 is 28.9 Å². The lowest BCUT2D eigenvalue weighted by atomic mass is 9.76. The summed E-state index contributed by atoms with van der Waals surface area (Å²) in [6.45, 7) is 25.3. The lowest BCUT2D eigenvalue weighted by Gasteiger charge is -2.30. The molecule has 0 unspecified atom stereocenters. The van der Waals surface area contributed by atoms with Crippen LogP contribution in [0.3, 0.4) is 0 Å². The number of aromatic nitrogens is 4. The number of nitrogens with zero attached hydrogens (tertiary/aromatic N) is 3. The number of anilines is 7. The van der Waals surface area contributed by atoms with Gasteiger partial charge in [0.25, 0.3) is 22.9 Å². The molecule has 7 aromatic carbocycles. The smallest absolute Gasteiger partial charge is 0.277 e. The zero-order chi connectivity index (χ0) is 71.7. The largest absolute Gasteiger partial charge is 0.483 e. The number of benzene rings is 7. The van der Waals surface area contributed by atoms with E-state index in [1.54, 1.807) is 36.4 Å². The first-order valence-corrected chi connectivity index (χ1v) is 35.2. The van der Waals surface area contributed by atoms with Crippen LogP contribution in [0.5, 0.6) is 11.5 Å². The molecule has 2 aromatic heterocycles. The molecule has 2 heterocycles. The normalized spacial score (nSPS) is 12.1. The highest BCUT2D eigenvalue weighted by Gasteiger charge is 2.36. The lowest BCUT2D eigenvalue weighted by molar-refractivity contribution is -0.118. The number of hydrogen-bond acceptors (Lipinski definition) is 9. The van der Waals surface area contributed by atoms with Crippen molar-refractivity contribution in [2.45, 2.75) is 136 Å². The van der Waals surface area contributed by atoms with Crippen LogP contribution >= 0.6 is 92.8 Å². The van der Waals surface area contributed by atoms with E-state index in [4.69, 9.17) is 102 Å². The number of ether oxygens (including phenoxy) is 2. The third-order valence-corrected chi connectivity index (χ3v) is 21.1. The predicted octanol–water partition coefficient (Wildman–Crippen LogP) is 21.4. The van der Waals surface area contributed by atoms with Crippen LogP contribution in [-0.4, -0.2) is 58.7 Å². The topological polar surface area (TPSA) is 180 Å². The molecule has 15 nitrogen and oxygen atoms in total. The first kappa shape index (κ1) is 75.0. The Bertz CT molecular complexity index is 4300. The molecule has 98 heavy (non-hydrogen) atoms. The molecule has 6 N–H and O–H groups in total. The molecule has 0 aliphatic carbocycles. The molecule has 0 atom stereocenters. The van der Waals surface area contributed by atoms with E-state index in [0.29, 0.717) is 38.5 Å². The van der Waals surface area contributed by atoms with Crippen molar-refractivity contribution in [3.05, 3.63) is 221 Å². The van der Waals surface area contributed by atoms with Crippen molar-refractivity contribution in [3.63, 3.8) is 0 Å². The summed E-state index contributed by atoms with van der Waals surface area (Å²) < 4.78 is 14.8. The van der Waals surface area contributed by atoms with Crippen molar-refractivity contribution < 1.29 is 19.1 Å².